The van der Waals surface area contributed by atoms with E-state index < -0.39 is 0 Å². The lowest BCUT2D eigenvalue weighted by Gasteiger charge is -2.13. The number of benzene rings is 1. The highest BCUT2D eigenvalue weighted by molar-refractivity contribution is 6.32. The van der Waals surface area contributed by atoms with Gasteiger partial charge in [0.25, 0.3) is 5.56 Å². The predicted molar refractivity (Wildman–Crippen MR) is 73.4 cm³/mol. The molecule has 0 aliphatic carbocycles. The van der Waals surface area contributed by atoms with Gasteiger partial charge in [-0.25, -0.2) is 0 Å². The van der Waals surface area contributed by atoms with Gasteiger partial charge in [0.2, 0.25) is 0 Å². The summed E-state index contributed by atoms with van der Waals surface area (Å²) in [5.41, 5.74) is 7.05. The predicted octanol–water partition coefficient (Wildman–Crippen LogP) is 2.22. The number of hydrogen-bond acceptors (Lipinski definition) is 3. The Kier molecular flexibility index (Phi) is 3.32. The topological polar surface area (TPSA) is 57.2 Å². The molecule has 2 aromatic rings. The van der Waals surface area contributed by atoms with Crippen LogP contribution in [-0.2, 0) is 7.05 Å². The van der Waals surface area contributed by atoms with Gasteiger partial charge in [0.05, 0.1) is 17.6 Å². The fourth-order valence-corrected chi connectivity index (χ4v) is 2.23. The number of rotatable bonds is 2. The van der Waals surface area contributed by atoms with Gasteiger partial charge in [-0.1, -0.05) is 11.6 Å². The quantitative estimate of drug-likeness (QED) is 0.907. The minimum absolute atomic E-state index is 0.0955. The average Bonchev–Trinajstić information content (AvgIpc) is 2.33. The summed E-state index contributed by atoms with van der Waals surface area (Å²) in [6, 6.07) is 5.01. The van der Waals surface area contributed by atoms with Gasteiger partial charge in [-0.15, -0.1) is 0 Å². The lowest BCUT2D eigenvalue weighted by atomic mass is 10.1. The highest BCUT2D eigenvalue weighted by Crippen LogP contribution is 2.29. The molecule has 1 aromatic carbocycles. The molecule has 0 aliphatic rings. The maximum atomic E-state index is 12.1. The molecule has 4 nitrogen and oxygen atoms in total. The summed E-state index contributed by atoms with van der Waals surface area (Å²) in [7, 11) is 3.26. The van der Waals surface area contributed by atoms with Gasteiger partial charge >= 0.3 is 0 Å². The van der Waals surface area contributed by atoms with Crippen molar-refractivity contribution in [2.75, 3.05) is 7.11 Å². The molecule has 5 heteroatoms. The molecule has 1 heterocycles. The maximum Gasteiger partial charge on any atom is 0.255 e. The lowest BCUT2D eigenvalue weighted by Crippen LogP contribution is -2.25. The molecule has 2 N–H and O–H groups in total. The third kappa shape index (κ3) is 1.98. The van der Waals surface area contributed by atoms with Crippen molar-refractivity contribution >= 4 is 22.5 Å². The number of methoxy groups -OCH3 is 1. The van der Waals surface area contributed by atoms with Crippen LogP contribution in [0, 0.1) is 0 Å². The molecule has 2 rings (SSSR count). The Morgan fingerprint density at radius 1 is 1.39 bits per heavy atom. The third-order valence-corrected chi connectivity index (χ3v) is 3.31. The van der Waals surface area contributed by atoms with E-state index in [9.17, 15) is 4.79 Å². The fourth-order valence-electron chi connectivity index (χ4n) is 1.98. The molecule has 1 aromatic heterocycles. The second kappa shape index (κ2) is 4.63. The highest BCUT2D eigenvalue weighted by atomic mass is 35.5. The minimum Gasteiger partial charge on any atom is -0.495 e. The molecule has 1 unspecified atom stereocenters. The Bertz CT molecular complexity index is 662. The van der Waals surface area contributed by atoms with E-state index in [1.54, 1.807) is 43.8 Å². The molecule has 0 saturated carbocycles. The fraction of sp³-hybridized carbons (Fsp3) is 0.308. The molecule has 1 atom stereocenters. The van der Waals surface area contributed by atoms with Crippen molar-refractivity contribution in [1.82, 2.24) is 4.57 Å². The van der Waals surface area contributed by atoms with Crippen LogP contribution in [0.2, 0.25) is 5.02 Å². The number of hydrogen-bond donors (Lipinski definition) is 1. The normalized spacial score (nSPS) is 12.7. The summed E-state index contributed by atoms with van der Waals surface area (Å²) < 4.78 is 6.72. The van der Waals surface area contributed by atoms with E-state index in [-0.39, 0.29) is 11.6 Å². The number of nitrogens with zero attached hydrogens (tertiary/aromatic N) is 1. The van der Waals surface area contributed by atoms with Crippen molar-refractivity contribution < 1.29 is 4.74 Å². The molecule has 0 spiro atoms. The number of pyridine rings is 1. The summed E-state index contributed by atoms with van der Waals surface area (Å²) in [5.74, 6) is 0.549. The van der Waals surface area contributed by atoms with Crippen molar-refractivity contribution in [3.8, 4) is 5.75 Å². The van der Waals surface area contributed by atoms with Crippen LogP contribution in [0.25, 0.3) is 10.9 Å². The van der Waals surface area contributed by atoms with E-state index in [1.807, 2.05) is 0 Å². The van der Waals surface area contributed by atoms with E-state index in [0.717, 1.165) is 10.9 Å². The Morgan fingerprint density at radius 2 is 2.06 bits per heavy atom. The van der Waals surface area contributed by atoms with Crippen molar-refractivity contribution in [2.45, 2.75) is 13.0 Å². The number of aryl methyl sites for hydroxylation is 1. The SMILES string of the molecule is COc1cc2c(cc1Cl)cc(C(C)N)c(=O)n2C. The van der Waals surface area contributed by atoms with E-state index in [1.165, 1.54) is 0 Å². The molecule has 0 fully saturated rings. The van der Waals surface area contributed by atoms with Gasteiger partial charge in [-0.05, 0) is 19.1 Å². The number of nitrogens with two attached hydrogens (primary N) is 1. The first-order valence-corrected chi connectivity index (χ1v) is 5.96. The first-order chi connectivity index (χ1) is 8.45. The smallest absolute Gasteiger partial charge is 0.255 e. The summed E-state index contributed by atoms with van der Waals surface area (Å²) in [6.07, 6.45) is 0. The summed E-state index contributed by atoms with van der Waals surface area (Å²) in [4.78, 5) is 12.1. The first kappa shape index (κ1) is 12.9. The lowest BCUT2D eigenvalue weighted by molar-refractivity contribution is 0.415. The second-order valence-electron chi connectivity index (χ2n) is 4.30. The van der Waals surface area contributed by atoms with Gasteiger partial charge in [-0.2, -0.15) is 0 Å². The van der Waals surface area contributed by atoms with Crippen LogP contribution < -0.4 is 16.0 Å². The van der Waals surface area contributed by atoms with Crippen molar-refractivity contribution in [2.24, 2.45) is 12.8 Å². The van der Waals surface area contributed by atoms with Crippen LogP contribution in [0.1, 0.15) is 18.5 Å². The summed E-state index contributed by atoms with van der Waals surface area (Å²) in [5, 5.41) is 1.38. The molecule has 0 radical (unpaired) electrons. The second-order valence-corrected chi connectivity index (χ2v) is 4.71. The molecular formula is C13H15ClN2O2. The van der Waals surface area contributed by atoms with Crippen molar-refractivity contribution in [3.63, 3.8) is 0 Å². The number of ether oxygens (including phenoxy) is 1. The number of aromatic nitrogens is 1. The summed E-state index contributed by atoms with van der Waals surface area (Å²) >= 11 is 6.08. The van der Waals surface area contributed by atoms with Gasteiger partial charge < -0.3 is 15.0 Å². The van der Waals surface area contributed by atoms with Crippen molar-refractivity contribution in [1.29, 1.82) is 0 Å². The molecule has 96 valence electrons. The molecule has 0 saturated heterocycles. The van der Waals surface area contributed by atoms with Crippen LogP contribution in [0.3, 0.4) is 0 Å². The number of halogens is 1. The van der Waals surface area contributed by atoms with Gasteiger partial charge in [0, 0.05) is 30.1 Å². The van der Waals surface area contributed by atoms with Crippen LogP contribution in [-0.4, -0.2) is 11.7 Å². The molecule has 0 bridgehead atoms. The molecular weight excluding hydrogens is 252 g/mol. The zero-order valence-electron chi connectivity index (χ0n) is 10.5. The average molecular weight is 267 g/mol. The van der Waals surface area contributed by atoms with E-state index in [4.69, 9.17) is 22.1 Å². The Labute approximate surface area is 110 Å². The Balaban J connectivity index is 2.87. The molecule has 0 amide bonds. The zero-order valence-corrected chi connectivity index (χ0v) is 11.3. The Hall–Kier alpha value is -1.52. The van der Waals surface area contributed by atoms with E-state index in [0.29, 0.717) is 16.3 Å². The van der Waals surface area contributed by atoms with Crippen LogP contribution in [0.5, 0.6) is 5.75 Å². The molecule has 0 aliphatic heterocycles. The van der Waals surface area contributed by atoms with Gasteiger partial charge in [-0.3, -0.25) is 4.79 Å². The minimum atomic E-state index is -0.311. The van der Waals surface area contributed by atoms with Crippen LogP contribution >= 0.6 is 11.6 Å². The van der Waals surface area contributed by atoms with E-state index >= 15 is 0 Å². The largest absolute Gasteiger partial charge is 0.495 e. The van der Waals surface area contributed by atoms with Crippen LogP contribution in [0.4, 0.5) is 0 Å². The van der Waals surface area contributed by atoms with Crippen LogP contribution in [0.15, 0.2) is 23.0 Å². The zero-order chi connectivity index (χ0) is 13.4. The summed E-state index contributed by atoms with van der Waals surface area (Å²) in [6.45, 7) is 1.79. The van der Waals surface area contributed by atoms with Gasteiger partial charge in [0.15, 0.2) is 0 Å². The number of fused-ring (bicyclic) bond motifs is 1. The third-order valence-electron chi connectivity index (χ3n) is 3.02. The standard InChI is InChI=1S/C13H15ClN2O2/c1-7(15)9-4-8-5-10(14)12(18-3)6-11(8)16(2)13(9)17/h4-7H,15H2,1-3H3. The van der Waals surface area contributed by atoms with Crippen molar-refractivity contribution in [3.05, 3.63) is 39.1 Å². The van der Waals surface area contributed by atoms with Gasteiger partial charge in [0.1, 0.15) is 5.75 Å². The Morgan fingerprint density at radius 3 is 2.61 bits per heavy atom. The van der Waals surface area contributed by atoms with E-state index in [2.05, 4.69) is 0 Å². The first-order valence-electron chi connectivity index (χ1n) is 5.58. The monoisotopic (exact) mass is 266 g/mol. The highest BCUT2D eigenvalue weighted by Gasteiger charge is 2.12. The molecule has 18 heavy (non-hydrogen) atoms. The maximum absolute atomic E-state index is 12.1.